The number of carbonyl (C=O) groups is 1. The highest BCUT2D eigenvalue weighted by atomic mass is 32.1. The highest BCUT2D eigenvalue weighted by molar-refractivity contribution is 7.09. The van der Waals surface area contributed by atoms with Gasteiger partial charge >= 0.3 is 0 Å². The topological polar surface area (TPSA) is 58.6 Å². The zero-order valence-electron chi connectivity index (χ0n) is 13.4. The van der Waals surface area contributed by atoms with Crippen LogP contribution in [-0.4, -0.2) is 60.1 Å². The third-order valence-electron chi connectivity index (χ3n) is 3.80. The smallest absolute Gasteiger partial charge is 0.242 e. The van der Waals surface area contributed by atoms with Gasteiger partial charge in [-0.05, 0) is 17.7 Å². The Morgan fingerprint density at radius 2 is 2.04 bits per heavy atom. The number of rotatable bonds is 5. The van der Waals surface area contributed by atoms with Crippen molar-refractivity contribution < 1.29 is 13.9 Å². The summed E-state index contributed by atoms with van der Waals surface area (Å²) in [5.41, 5.74) is 0.952. The number of anilines is 1. The third kappa shape index (κ3) is 4.27. The lowest BCUT2D eigenvalue weighted by Gasteiger charge is -2.28. The quantitative estimate of drug-likeness (QED) is 0.819. The molecule has 1 aliphatic rings. The van der Waals surface area contributed by atoms with Gasteiger partial charge in [0.2, 0.25) is 11.0 Å². The van der Waals surface area contributed by atoms with Crippen LogP contribution >= 0.6 is 11.5 Å². The number of likely N-dealkylation sites (N-methyl/N-ethyl adjacent to an activating group) is 1. The maximum Gasteiger partial charge on any atom is 0.242 e. The number of halogens is 1. The van der Waals surface area contributed by atoms with Crippen molar-refractivity contribution in [2.45, 2.75) is 6.42 Å². The molecule has 0 bridgehead atoms. The van der Waals surface area contributed by atoms with Crippen LogP contribution in [0.1, 0.15) is 11.4 Å². The second-order valence-corrected chi connectivity index (χ2v) is 6.38. The molecule has 1 fully saturated rings. The summed E-state index contributed by atoms with van der Waals surface area (Å²) in [6.07, 6.45) is 0.544. The fraction of sp³-hybridized carbons (Fsp3) is 0.438. The zero-order chi connectivity index (χ0) is 16.9. The fourth-order valence-corrected chi connectivity index (χ4v) is 3.08. The standard InChI is InChI=1S/C16H19FN4O2S/c1-20(11-15(22)21-6-8-23-9-7-21)16-18-14(19-24-16)10-12-2-4-13(17)5-3-12/h2-5H,6-11H2,1H3. The van der Waals surface area contributed by atoms with Crippen LogP contribution in [0.15, 0.2) is 24.3 Å². The number of ether oxygens (including phenoxy) is 1. The molecule has 128 valence electrons. The number of benzene rings is 1. The minimum Gasteiger partial charge on any atom is -0.378 e. The van der Waals surface area contributed by atoms with Gasteiger partial charge < -0.3 is 14.5 Å². The molecule has 1 aromatic carbocycles. The summed E-state index contributed by atoms with van der Waals surface area (Å²) in [4.78, 5) is 20.3. The van der Waals surface area contributed by atoms with E-state index in [9.17, 15) is 9.18 Å². The molecule has 0 radical (unpaired) electrons. The van der Waals surface area contributed by atoms with E-state index in [2.05, 4.69) is 9.36 Å². The van der Waals surface area contributed by atoms with Gasteiger partial charge in [-0.1, -0.05) is 12.1 Å². The minimum absolute atomic E-state index is 0.0658. The van der Waals surface area contributed by atoms with Gasteiger partial charge in [0.1, 0.15) is 11.6 Å². The lowest BCUT2D eigenvalue weighted by Crippen LogP contribution is -2.45. The lowest BCUT2D eigenvalue weighted by atomic mass is 10.1. The van der Waals surface area contributed by atoms with Gasteiger partial charge in [-0.15, -0.1) is 0 Å². The highest BCUT2D eigenvalue weighted by Crippen LogP contribution is 2.18. The van der Waals surface area contributed by atoms with Gasteiger partial charge in [-0.25, -0.2) is 9.37 Å². The van der Waals surface area contributed by atoms with E-state index in [1.165, 1.54) is 23.7 Å². The Morgan fingerprint density at radius 1 is 1.33 bits per heavy atom. The first-order chi connectivity index (χ1) is 11.6. The zero-order valence-corrected chi connectivity index (χ0v) is 14.3. The Balaban J connectivity index is 1.57. The van der Waals surface area contributed by atoms with Crippen LogP contribution in [0.3, 0.4) is 0 Å². The number of aromatic nitrogens is 2. The molecule has 2 aromatic rings. The lowest BCUT2D eigenvalue weighted by molar-refractivity contribution is -0.133. The molecule has 1 aliphatic heterocycles. The summed E-state index contributed by atoms with van der Waals surface area (Å²) in [5, 5.41) is 0.703. The predicted octanol–water partition coefficient (Wildman–Crippen LogP) is 1.56. The molecule has 8 heteroatoms. The molecule has 6 nitrogen and oxygen atoms in total. The largest absolute Gasteiger partial charge is 0.378 e. The maximum atomic E-state index is 12.9. The van der Waals surface area contributed by atoms with Gasteiger partial charge in [0.05, 0.1) is 19.8 Å². The molecular weight excluding hydrogens is 331 g/mol. The second kappa shape index (κ2) is 7.67. The molecule has 24 heavy (non-hydrogen) atoms. The average molecular weight is 350 g/mol. The molecule has 2 heterocycles. The molecule has 1 aromatic heterocycles. The van der Waals surface area contributed by atoms with Gasteiger partial charge in [0, 0.05) is 38.1 Å². The van der Waals surface area contributed by atoms with Crippen molar-refractivity contribution in [1.82, 2.24) is 14.3 Å². The number of morpholine rings is 1. The molecule has 1 amide bonds. The number of amides is 1. The second-order valence-electron chi connectivity index (χ2n) is 5.65. The predicted molar refractivity (Wildman–Crippen MR) is 89.8 cm³/mol. The first kappa shape index (κ1) is 16.8. The van der Waals surface area contributed by atoms with Crippen molar-refractivity contribution >= 4 is 22.6 Å². The summed E-state index contributed by atoms with van der Waals surface area (Å²) >= 11 is 1.26. The molecule has 0 unspecified atom stereocenters. The molecule has 0 spiro atoms. The van der Waals surface area contributed by atoms with Crippen molar-refractivity contribution in [1.29, 1.82) is 0 Å². The molecule has 0 aliphatic carbocycles. The summed E-state index contributed by atoms with van der Waals surface area (Å²) in [7, 11) is 1.83. The summed E-state index contributed by atoms with van der Waals surface area (Å²) < 4.78 is 22.5. The first-order valence-corrected chi connectivity index (χ1v) is 8.53. The highest BCUT2D eigenvalue weighted by Gasteiger charge is 2.19. The van der Waals surface area contributed by atoms with Crippen LogP contribution in [0.5, 0.6) is 0 Å². The Kier molecular flexibility index (Phi) is 5.37. The van der Waals surface area contributed by atoms with E-state index in [4.69, 9.17) is 4.74 Å². The third-order valence-corrected chi connectivity index (χ3v) is 4.66. The number of carbonyl (C=O) groups excluding carboxylic acids is 1. The maximum absolute atomic E-state index is 12.9. The molecule has 1 saturated heterocycles. The van der Waals surface area contributed by atoms with Crippen LogP contribution in [0, 0.1) is 5.82 Å². The number of hydrogen-bond donors (Lipinski definition) is 0. The summed E-state index contributed by atoms with van der Waals surface area (Å²) in [5.74, 6) is 0.482. The van der Waals surface area contributed by atoms with Crippen LogP contribution in [-0.2, 0) is 16.0 Å². The molecule has 0 N–H and O–H groups in total. The van der Waals surface area contributed by atoms with Crippen molar-refractivity contribution in [3.05, 3.63) is 41.5 Å². The number of nitrogens with zero attached hydrogens (tertiary/aromatic N) is 4. The average Bonchev–Trinajstić information content (AvgIpc) is 3.06. The van der Waals surface area contributed by atoms with Crippen molar-refractivity contribution in [3.63, 3.8) is 0 Å². The van der Waals surface area contributed by atoms with Crippen molar-refractivity contribution in [2.75, 3.05) is 44.8 Å². The van der Waals surface area contributed by atoms with E-state index in [-0.39, 0.29) is 18.3 Å². The molecule has 0 saturated carbocycles. The Hall–Kier alpha value is -2.06. The van der Waals surface area contributed by atoms with E-state index < -0.39 is 0 Å². The monoisotopic (exact) mass is 350 g/mol. The van der Waals surface area contributed by atoms with E-state index in [1.807, 2.05) is 11.9 Å². The van der Waals surface area contributed by atoms with E-state index in [0.717, 1.165) is 5.56 Å². The SMILES string of the molecule is CN(CC(=O)N1CCOCC1)c1nc(Cc2ccc(F)cc2)ns1. The van der Waals surface area contributed by atoms with Crippen LogP contribution in [0.2, 0.25) is 0 Å². The fourth-order valence-electron chi connectivity index (χ4n) is 2.44. The number of hydrogen-bond acceptors (Lipinski definition) is 6. The Morgan fingerprint density at radius 3 is 2.75 bits per heavy atom. The normalized spacial score (nSPS) is 14.7. The molecule has 0 atom stereocenters. The molecular formula is C16H19FN4O2S. The van der Waals surface area contributed by atoms with Crippen molar-refractivity contribution in [3.8, 4) is 0 Å². The Labute approximate surface area is 144 Å². The van der Waals surface area contributed by atoms with Crippen LogP contribution in [0.25, 0.3) is 0 Å². The van der Waals surface area contributed by atoms with Crippen LogP contribution in [0.4, 0.5) is 9.52 Å². The summed E-state index contributed by atoms with van der Waals surface area (Å²) in [6.45, 7) is 2.73. The van der Waals surface area contributed by atoms with E-state index in [0.29, 0.717) is 43.7 Å². The van der Waals surface area contributed by atoms with E-state index >= 15 is 0 Å². The van der Waals surface area contributed by atoms with Gasteiger partial charge in [-0.3, -0.25) is 4.79 Å². The minimum atomic E-state index is -0.257. The summed E-state index contributed by atoms with van der Waals surface area (Å²) in [6, 6.07) is 6.30. The van der Waals surface area contributed by atoms with E-state index in [1.54, 1.807) is 17.0 Å². The molecule has 3 rings (SSSR count). The van der Waals surface area contributed by atoms with Crippen LogP contribution < -0.4 is 4.90 Å². The van der Waals surface area contributed by atoms with Gasteiger partial charge in [0.25, 0.3) is 0 Å². The van der Waals surface area contributed by atoms with Crippen molar-refractivity contribution in [2.24, 2.45) is 0 Å². The Bertz CT molecular complexity index is 686. The van der Waals surface area contributed by atoms with Gasteiger partial charge in [0.15, 0.2) is 0 Å². The first-order valence-electron chi connectivity index (χ1n) is 7.75. The van der Waals surface area contributed by atoms with Gasteiger partial charge in [-0.2, -0.15) is 4.37 Å².